The van der Waals surface area contributed by atoms with Crippen molar-refractivity contribution in [3.05, 3.63) is 82.8 Å². The van der Waals surface area contributed by atoms with Crippen LogP contribution in [0.15, 0.2) is 92.4 Å². The van der Waals surface area contributed by atoms with E-state index in [1.165, 1.54) is 12.1 Å². The molecule has 9 heteroatoms. The summed E-state index contributed by atoms with van der Waals surface area (Å²) in [5, 5.41) is 17.3. The summed E-state index contributed by atoms with van der Waals surface area (Å²) >= 11 is 3.09. The molecule has 0 unspecified atom stereocenters. The molecule has 0 saturated heterocycles. The number of hydrogen-bond donors (Lipinski definition) is 2. The van der Waals surface area contributed by atoms with Crippen LogP contribution in [-0.4, -0.2) is 19.5 Å². The predicted molar refractivity (Wildman–Crippen MR) is 109 cm³/mol. The summed E-state index contributed by atoms with van der Waals surface area (Å²) in [5.74, 6) is -1.22. The second kappa shape index (κ2) is 8.32. The van der Waals surface area contributed by atoms with Gasteiger partial charge in [-0.15, -0.1) is 0 Å². The van der Waals surface area contributed by atoms with Gasteiger partial charge in [0, 0.05) is 10.2 Å². The number of carboxylic acids is 1. The SMILES string of the molecule is O=C(O)c1cc(S(=O)(=O)Nc2ccc(N=Nc3ccccc3)cc2)ccc1Br. The highest BCUT2D eigenvalue weighted by Crippen LogP contribution is 2.24. The van der Waals surface area contributed by atoms with E-state index >= 15 is 0 Å². The van der Waals surface area contributed by atoms with Crippen molar-refractivity contribution in [1.82, 2.24) is 0 Å². The van der Waals surface area contributed by atoms with E-state index in [4.69, 9.17) is 5.11 Å². The Morgan fingerprint density at radius 3 is 2.11 bits per heavy atom. The van der Waals surface area contributed by atoms with Crippen molar-refractivity contribution in [2.24, 2.45) is 10.2 Å². The first kappa shape index (κ1) is 19.7. The zero-order valence-corrected chi connectivity index (χ0v) is 16.7. The molecule has 0 saturated carbocycles. The summed E-state index contributed by atoms with van der Waals surface area (Å²) in [6.45, 7) is 0. The monoisotopic (exact) mass is 459 g/mol. The first-order valence-corrected chi connectivity index (χ1v) is 10.3. The molecule has 3 aromatic rings. The topological polar surface area (TPSA) is 108 Å². The molecule has 0 heterocycles. The van der Waals surface area contributed by atoms with Crippen molar-refractivity contribution in [3.63, 3.8) is 0 Å². The summed E-state index contributed by atoms with van der Waals surface area (Å²) in [4.78, 5) is 11.0. The molecule has 0 aliphatic carbocycles. The van der Waals surface area contributed by atoms with Crippen LogP contribution in [-0.2, 0) is 10.0 Å². The second-order valence-electron chi connectivity index (χ2n) is 5.63. The molecule has 0 bridgehead atoms. The molecule has 28 heavy (non-hydrogen) atoms. The minimum Gasteiger partial charge on any atom is -0.478 e. The average Bonchev–Trinajstić information content (AvgIpc) is 2.68. The van der Waals surface area contributed by atoms with E-state index in [0.29, 0.717) is 21.5 Å². The number of aromatic carboxylic acids is 1. The molecule has 142 valence electrons. The standard InChI is InChI=1S/C19H14BrN3O4S/c20-18-11-10-16(12-17(18)19(24)25)28(26,27)23-15-8-6-14(7-9-15)22-21-13-4-2-1-3-5-13/h1-12,23H,(H,24,25). The molecule has 7 nitrogen and oxygen atoms in total. The minimum absolute atomic E-state index is 0.139. The molecule has 3 aromatic carbocycles. The number of benzene rings is 3. The van der Waals surface area contributed by atoms with E-state index in [1.807, 2.05) is 30.3 Å². The van der Waals surface area contributed by atoms with Gasteiger partial charge in [-0.05, 0) is 70.5 Å². The lowest BCUT2D eigenvalue weighted by Gasteiger charge is -2.09. The van der Waals surface area contributed by atoms with E-state index < -0.39 is 16.0 Å². The quantitative estimate of drug-likeness (QED) is 0.483. The fourth-order valence-corrected chi connectivity index (χ4v) is 3.76. The Morgan fingerprint density at radius 2 is 1.50 bits per heavy atom. The van der Waals surface area contributed by atoms with Gasteiger partial charge in [-0.25, -0.2) is 13.2 Å². The number of azo groups is 1. The van der Waals surface area contributed by atoms with Gasteiger partial charge in [0.25, 0.3) is 10.0 Å². The van der Waals surface area contributed by atoms with Gasteiger partial charge in [-0.2, -0.15) is 10.2 Å². The van der Waals surface area contributed by atoms with Crippen LogP contribution >= 0.6 is 15.9 Å². The number of halogens is 1. The molecule has 0 radical (unpaired) electrons. The van der Waals surface area contributed by atoms with Gasteiger partial charge in [0.2, 0.25) is 0 Å². The highest BCUT2D eigenvalue weighted by Gasteiger charge is 2.18. The third-order valence-electron chi connectivity index (χ3n) is 3.64. The second-order valence-corrected chi connectivity index (χ2v) is 8.17. The molecule has 3 rings (SSSR count). The molecule has 0 atom stereocenters. The molecular formula is C19H14BrN3O4S. The maximum absolute atomic E-state index is 12.5. The highest BCUT2D eigenvalue weighted by atomic mass is 79.9. The summed E-state index contributed by atoms with van der Waals surface area (Å²) in [7, 11) is -3.94. The Labute approximate surface area is 169 Å². The fourth-order valence-electron chi connectivity index (χ4n) is 2.26. The van der Waals surface area contributed by atoms with Gasteiger partial charge in [0.15, 0.2) is 0 Å². The largest absolute Gasteiger partial charge is 0.478 e. The van der Waals surface area contributed by atoms with Gasteiger partial charge >= 0.3 is 5.97 Å². The van der Waals surface area contributed by atoms with Crippen LogP contribution < -0.4 is 4.72 Å². The molecule has 0 fully saturated rings. The number of sulfonamides is 1. The maximum Gasteiger partial charge on any atom is 0.336 e. The van der Waals surface area contributed by atoms with Gasteiger partial charge in [-0.3, -0.25) is 4.72 Å². The van der Waals surface area contributed by atoms with Gasteiger partial charge < -0.3 is 5.11 Å². The highest BCUT2D eigenvalue weighted by molar-refractivity contribution is 9.10. The molecule has 0 amide bonds. The van der Waals surface area contributed by atoms with Crippen molar-refractivity contribution >= 4 is 49.0 Å². The van der Waals surface area contributed by atoms with E-state index in [-0.39, 0.29) is 10.5 Å². The molecule has 0 spiro atoms. The number of rotatable bonds is 6. The average molecular weight is 460 g/mol. The van der Waals surface area contributed by atoms with Crippen LogP contribution in [0, 0.1) is 0 Å². The number of carbonyl (C=O) groups is 1. The minimum atomic E-state index is -3.94. The first-order valence-electron chi connectivity index (χ1n) is 7.98. The van der Waals surface area contributed by atoms with E-state index in [1.54, 1.807) is 24.3 Å². The number of nitrogens with zero attached hydrogens (tertiary/aromatic N) is 2. The van der Waals surface area contributed by atoms with Crippen molar-refractivity contribution in [3.8, 4) is 0 Å². The zero-order chi connectivity index (χ0) is 20.1. The Hall–Kier alpha value is -3.04. The predicted octanol–water partition coefficient (Wildman–Crippen LogP) is 5.36. The maximum atomic E-state index is 12.5. The molecule has 0 aliphatic rings. The number of carboxylic acid groups (broad SMARTS) is 1. The first-order chi connectivity index (χ1) is 13.3. The Balaban J connectivity index is 1.77. The zero-order valence-electron chi connectivity index (χ0n) is 14.3. The van der Waals surface area contributed by atoms with Gasteiger partial charge in [0.05, 0.1) is 21.8 Å². The molecular weight excluding hydrogens is 446 g/mol. The van der Waals surface area contributed by atoms with Crippen LogP contribution in [0.3, 0.4) is 0 Å². The van der Waals surface area contributed by atoms with Crippen LogP contribution in [0.5, 0.6) is 0 Å². The van der Waals surface area contributed by atoms with Crippen LogP contribution in [0.1, 0.15) is 10.4 Å². The van der Waals surface area contributed by atoms with E-state index in [0.717, 1.165) is 6.07 Å². The van der Waals surface area contributed by atoms with Crippen molar-refractivity contribution < 1.29 is 18.3 Å². The van der Waals surface area contributed by atoms with Crippen molar-refractivity contribution in [1.29, 1.82) is 0 Å². The van der Waals surface area contributed by atoms with Gasteiger partial charge in [-0.1, -0.05) is 18.2 Å². The third-order valence-corrected chi connectivity index (χ3v) is 5.71. The lowest BCUT2D eigenvalue weighted by atomic mass is 10.2. The van der Waals surface area contributed by atoms with Crippen LogP contribution in [0.4, 0.5) is 17.1 Å². The van der Waals surface area contributed by atoms with E-state index in [2.05, 4.69) is 30.9 Å². The van der Waals surface area contributed by atoms with Crippen LogP contribution in [0.2, 0.25) is 0 Å². The summed E-state index contributed by atoms with van der Waals surface area (Å²) < 4.78 is 27.8. The third kappa shape index (κ3) is 4.81. The number of hydrogen-bond acceptors (Lipinski definition) is 5. The Bertz CT molecular complexity index is 1130. The number of anilines is 1. The molecule has 0 aromatic heterocycles. The molecule has 2 N–H and O–H groups in total. The summed E-state index contributed by atoms with van der Waals surface area (Å²) in [6.07, 6.45) is 0. The number of nitrogens with one attached hydrogen (secondary N) is 1. The Morgan fingerprint density at radius 1 is 0.893 bits per heavy atom. The smallest absolute Gasteiger partial charge is 0.336 e. The van der Waals surface area contributed by atoms with Crippen LogP contribution in [0.25, 0.3) is 0 Å². The lowest BCUT2D eigenvalue weighted by molar-refractivity contribution is 0.0695. The fraction of sp³-hybridized carbons (Fsp3) is 0. The summed E-state index contributed by atoms with van der Waals surface area (Å²) in [6, 6.07) is 19.3. The van der Waals surface area contributed by atoms with Gasteiger partial charge in [0.1, 0.15) is 0 Å². The Kier molecular flexibility index (Phi) is 5.86. The lowest BCUT2D eigenvalue weighted by Crippen LogP contribution is -2.13. The normalized spacial score (nSPS) is 11.5. The van der Waals surface area contributed by atoms with Crippen molar-refractivity contribution in [2.75, 3.05) is 4.72 Å². The van der Waals surface area contributed by atoms with E-state index in [9.17, 15) is 13.2 Å². The van der Waals surface area contributed by atoms with Crippen molar-refractivity contribution in [2.45, 2.75) is 4.90 Å². The summed E-state index contributed by atoms with van der Waals surface area (Å²) in [5.41, 5.74) is 1.44. The molecule has 0 aliphatic heterocycles.